The van der Waals surface area contributed by atoms with Crippen LogP contribution in [0.15, 0.2) is 97.2 Å². The maximum atomic E-state index is 13.5. The lowest BCUT2D eigenvalue weighted by molar-refractivity contribution is -0.379. The molecule has 1 amide bonds. The van der Waals surface area contributed by atoms with E-state index in [1.54, 1.807) is 6.08 Å². The first kappa shape index (κ1) is 93.9. The van der Waals surface area contributed by atoms with Crippen LogP contribution in [0.25, 0.3) is 0 Å². The highest BCUT2D eigenvalue weighted by Gasteiger charge is 2.54. The summed E-state index contributed by atoms with van der Waals surface area (Å²) in [4.78, 5) is 13.5. The Balaban J connectivity index is 1.34. The average molecular weight is 1460 g/mol. The smallest absolute Gasteiger partial charge is 0.220 e. The Morgan fingerprint density at radius 1 is 0.359 bits per heavy atom. The maximum absolute atomic E-state index is 13.5. The molecule has 103 heavy (non-hydrogen) atoms. The molecule has 3 saturated heterocycles. The van der Waals surface area contributed by atoms with E-state index >= 15 is 0 Å². The summed E-state index contributed by atoms with van der Waals surface area (Å²) in [6, 6.07) is -0.979. The minimum atomic E-state index is -1.98. The molecule has 0 aromatic rings. The first-order chi connectivity index (χ1) is 50.3. The molecule has 3 aliphatic heterocycles. The average Bonchev–Trinajstić information content (AvgIpc) is 0.781. The van der Waals surface area contributed by atoms with E-state index in [4.69, 9.17) is 28.4 Å². The van der Waals surface area contributed by atoms with Gasteiger partial charge in [0.05, 0.1) is 38.6 Å². The lowest BCUT2D eigenvalue weighted by atomic mass is 9.96. The number of carbonyl (C=O) groups excluding carboxylic acids is 1. The van der Waals surface area contributed by atoms with Crippen molar-refractivity contribution in [2.24, 2.45) is 0 Å². The molecule has 0 aromatic carbocycles. The SMILES string of the molecule is CC/C=C\C/C=C\C/C=C\C/C=C\C/C=C\C/C=C\C/C=C\CCCCCCCCCCCCCCCCCC(=O)NC(COC1OC(CO)C(OC2OC(CO)C(OC3OC(CO)C(O)C(O)C3O)C(O)C2O)C(O)C1O)C(O)/C=C/CCCCCCCCCCCCCCCCCCCCC. The molecule has 0 aromatic heterocycles. The highest BCUT2D eigenvalue weighted by Crippen LogP contribution is 2.33. The van der Waals surface area contributed by atoms with Crippen LogP contribution in [0.4, 0.5) is 0 Å². The van der Waals surface area contributed by atoms with Gasteiger partial charge in [0.2, 0.25) is 5.91 Å². The van der Waals surface area contributed by atoms with Gasteiger partial charge in [0, 0.05) is 6.42 Å². The fourth-order valence-corrected chi connectivity index (χ4v) is 13.4. The second-order valence-electron chi connectivity index (χ2n) is 28.9. The van der Waals surface area contributed by atoms with Crippen LogP contribution in [0.2, 0.25) is 0 Å². The Labute approximate surface area is 622 Å². The van der Waals surface area contributed by atoms with Crippen molar-refractivity contribution in [3.8, 4) is 0 Å². The van der Waals surface area contributed by atoms with Gasteiger partial charge >= 0.3 is 0 Å². The van der Waals surface area contributed by atoms with Crippen molar-refractivity contribution in [3.05, 3.63) is 97.2 Å². The Kier molecular flexibility index (Phi) is 58.0. The molecular weight excluding hydrogens is 1310 g/mol. The van der Waals surface area contributed by atoms with Crippen molar-refractivity contribution in [1.82, 2.24) is 5.32 Å². The van der Waals surface area contributed by atoms with Crippen molar-refractivity contribution < 1.29 is 89.4 Å². The summed E-state index contributed by atoms with van der Waals surface area (Å²) in [6.07, 6.45) is 59.6. The number of allylic oxidation sites excluding steroid dienone is 15. The predicted molar refractivity (Wildman–Crippen MR) is 411 cm³/mol. The van der Waals surface area contributed by atoms with Crippen LogP contribution >= 0.6 is 0 Å². The second kappa shape index (κ2) is 63.6. The summed E-state index contributed by atoms with van der Waals surface area (Å²) >= 11 is 0. The van der Waals surface area contributed by atoms with E-state index < -0.39 is 124 Å². The minimum Gasteiger partial charge on any atom is -0.394 e. The summed E-state index contributed by atoms with van der Waals surface area (Å²) in [6.45, 7) is 1.65. The van der Waals surface area contributed by atoms with Gasteiger partial charge in [-0.3, -0.25) is 4.79 Å². The molecule has 3 rings (SSSR count). The third kappa shape index (κ3) is 43.5. The first-order valence-electron chi connectivity index (χ1n) is 41.0. The lowest BCUT2D eigenvalue weighted by Crippen LogP contribution is -2.66. The van der Waals surface area contributed by atoms with E-state index in [0.29, 0.717) is 6.42 Å². The van der Waals surface area contributed by atoms with Crippen molar-refractivity contribution in [1.29, 1.82) is 0 Å². The third-order valence-electron chi connectivity index (χ3n) is 19.9. The van der Waals surface area contributed by atoms with Crippen LogP contribution in [-0.2, 0) is 33.2 Å². The molecule has 0 saturated carbocycles. The second-order valence-corrected chi connectivity index (χ2v) is 28.9. The van der Waals surface area contributed by atoms with E-state index in [9.17, 15) is 61.0 Å². The molecule has 19 nitrogen and oxygen atoms in total. The number of carbonyl (C=O) groups is 1. The van der Waals surface area contributed by atoms with Crippen molar-refractivity contribution in [2.45, 2.75) is 401 Å². The van der Waals surface area contributed by atoms with E-state index in [2.05, 4.69) is 104 Å². The largest absolute Gasteiger partial charge is 0.394 e. The van der Waals surface area contributed by atoms with Gasteiger partial charge in [-0.1, -0.05) is 310 Å². The molecule has 0 radical (unpaired) electrons. The van der Waals surface area contributed by atoms with Crippen LogP contribution in [0, 0.1) is 0 Å². The van der Waals surface area contributed by atoms with Gasteiger partial charge in [-0.05, 0) is 77.0 Å². The highest BCUT2D eigenvalue weighted by atomic mass is 16.8. The molecule has 19 heteroatoms. The standard InChI is InChI=1S/C84H147NO18/c1-3-5-7-9-11-13-15-17-19-21-23-25-26-27-28-29-30-31-32-33-34-35-36-37-38-39-40-42-44-46-48-50-52-54-56-58-60-62-72(90)85-67(68(89)61-59-57-55-53-51-49-47-45-43-41-24-22-20-18-16-14-12-10-8-6-4-2)66-98-82-78(96)75(93)80(70(64-87)100-82)103-84-79(97)76(94)81(71(65-88)101-84)102-83-77(95)74(92)73(91)69(63-86)99-83/h5,7,11,13,17,19,23,25,27-28,30-31,33-34,59,61,67-71,73-84,86-89,91-97H,3-4,6,8-10,12,14-16,18,20-22,24,26,29,32,35-58,60,62-66H2,1-2H3,(H,85,90)/b7-5-,13-11-,19-17-,25-23-,28-27-,31-30-,34-33-,61-59+. The van der Waals surface area contributed by atoms with Gasteiger partial charge in [0.25, 0.3) is 0 Å². The number of hydrogen-bond acceptors (Lipinski definition) is 18. The van der Waals surface area contributed by atoms with E-state index in [0.717, 1.165) is 96.3 Å². The van der Waals surface area contributed by atoms with Crippen LogP contribution < -0.4 is 5.32 Å². The summed E-state index contributed by atoms with van der Waals surface area (Å²) in [5, 5.41) is 121. The summed E-state index contributed by atoms with van der Waals surface area (Å²) in [5.41, 5.74) is 0. The molecule has 17 unspecified atom stereocenters. The molecular formula is C84H147NO18. The maximum Gasteiger partial charge on any atom is 0.220 e. The number of unbranched alkanes of at least 4 members (excludes halogenated alkanes) is 34. The molecule has 3 heterocycles. The fourth-order valence-electron chi connectivity index (χ4n) is 13.4. The van der Waals surface area contributed by atoms with Gasteiger partial charge in [-0.25, -0.2) is 0 Å². The van der Waals surface area contributed by atoms with Gasteiger partial charge in [-0.2, -0.15) is 0 Å². The Hall–Kier alpha value is -3.29. The zero-order chi connectivity index (χ0) is 74.6. The van der Waals surface area contributed by atoms with E-state index in [-0.39, 0.29) is 18.9 Å². The molecule has 12 N–H and O–H groups in total. The van der Waals surface area contributed by atoms with Crippen LogP contribution in [0.1, 0.15) is 296 Å². The number of amides is 1. The Bertz CT molecular complexity index is 2240. The van der Waals surface area contributed by atoms with Gasteiger partial charge in [0.1, 0.15) is 73.2 Å². The van der Waals surface area contributed by atoms with Gasteiger partial charge in [-0.15, -0.1) is 0 Å². The van der Waals surface area contributed by atoms with Crippen molar-refractivity contribution >= 4 is 5.91 Å². The van der Waals surface area contributed by atoms with Gasteiger partial charge in [0.15, 0.2) is 18.9 Å². The summed E-state index contributed by atoms with van der Waals surface area (Å²) in [7, 11) is 0. The topological polar surface area (TPSA) is 307 Å². The van der Waals surface area contributed by atoms with E-state index in [1.165, 1.54) is 173 Å². The molecule has 3 fully saturated rings. The Morgan fingerprint density at radius 2 is 0.670 bits per heavy atom. The lowest BCUT2D eigenvalue weighted by Gasteiger charge is -2.48. The first-order valence-corrected chi connectivity index (χ1v) is 41.0. The molecule has 17 atom stereocenters. The molecule has 596 valence electrons. The highest BCUT2D eigenvalue weighted by molar-refractivity contribution is 5.76. The predicted octanol–water partition coefficient (Wildman–Crippen LogP) is 14.0. The minimum absolute atomic E-state index is 0.240. The normalized spacial score (nSPS) is 26.6. The monoisotopic (exact) mass is 1460 g/mol. The molecule has 0 aliphatic carbocycles. The number of rotatable bonds is 64. The van der Waals surface area contributed by atoms with Crippen molar-refractivity contribution in [2.75, 3.05) is 26.4 Å². The number of ether oxygens (including phenoxy) is 6. The number of aliphatic hydroxyl groups is 11. The zero-order valence-corrected chi connectivity index (χ0v) is 63.8. The number of nitrogens with one attached hydrogen (secondary N) is 1. The van der Waals surface area contributed by atoms with E-state index in [1.807, 2.05) is 6.08 Å². The zero-order valence-electron chi connectivity index (χ0n) is 63.8. The quantitative estimate of drug-likeness (QED) is 0.0199. The number of aliphatic hydroxyl groups excluding tert-OH is 11. The Morgan fingerprint density at radius 3 is 1.05 bits per heavy atom. The van der Waals surface area contributed by atoms with Crippen LogP contribution in [-0.4, -0.2) is 193 Å². The molecule has 3 aliphatic rings. The van der Waals surface area contributed by atoms with Gasteiger partial charge < -0.3 is 89.9 Å². The third-order valence-corrected chi connectivity index (χ3v) is 19.9. The van der Waals surface area contributed by atoms with Crippen LogP contribution in [0.5, 0.6) is 0 Å². The molecule has 0 spiro atoms. The summed E-state index contributed by atoms with van der Waals surface area (Å²) < 4.78 is 34.5. The summed E-state index contributed by atoms with van der Waals surface area (Å²) in [5.74, 6) is -0.275. The van der Waals surface area contributed by atoms with Crippen LogP contribution in [0.3, 0.4) is 0 Å². The molecule has 0 bridgehead atoms. The number of hydrogen-bond donors (Lipinski definition) is 12. The van der Waals surface area contributed by atoms with Crippen molar-refractivity contribution in [3.63, 3.8) is 0 Å². The fraction of sp³-hybridized carbons (Fsp3) is 0.798.